The first-order valence-electron chi connectivity index (χ1n) is 5.50. The fraction of sp³-hybridized carbons (Fsp3) is 0.600. The maximum absolute atomic E-state index is 11.5. The molecule has 0 aromatic carbocycles. The summed E-state index contributed by atoms with van der Waals surface area (Å²) in [5, 5.41) is 15.9. The van der Waals surface area contributed by atoms with E-state index in [4.69, 9.17) is 9.84 Å². The number of hydrogen-bond donors (Lipinski definition) is 1. The van der Waals surface area contributed by atoms with Gasteiger partial charge in [0.05, 0.1) is 12.5 Å². The molecule has 1 aromatic rings. The molecular weight excluding hydrogens is 242 g/mol. The molecule has 18 heavy (non-hydrogen) atoms. The van der Waals surface area contributed by atoms with Gasteiger partial charge in [-0.25, -0.2) is 4.63 Å². The number of carboxylic acid groups (broad SMARTS) is 1. The smallest absolute Gasteiger partial charge is 0.308 e. The van der Waals surface area contributed by atoms with Crippen molar-refractivity contribution in [3.63, 3.8) is 0 Å². The Kier molecular flexibility index (Phi) is 3.45. The standard InChI is InChI=1S/C10H13N3O5/c1-6-9(12-18-11-6)17-3-2-13-5-7(10(15)16)4-8(13)14/h7H,2-5H2,1H3,(H,15,16). The average molecular weight is 255 g/mol. The molecule has 98 valence electrons. The second-order valence-electron chi connectivity index (χ2n) is 4.08. The molecule has 8 heteroatoms. The first kappa shape index (κ1) is 12.3. The van der Waals surface area contributed by atoms with Gasteiger partial charge in [-0.3, -0.25) is 9.59 Å². The molecule has 2 heterocycles. The van der Waals surface area contributed by atoms with E-state index in [0.717, 1.165) is 0 Å². The van der Waals surface area contributed by atoms with Gasteiger partial charge >= 0.3 is 5.97 Å². The lowest BCUT2D eigenvalue weighted by atomic mass is 10.1. The highest BCUT2D eigenvalue weighted by atomic mass is 16.6. The molecule has 2 rings (SSSR count). The van der Waals surface area contributed by atoms with E-state index in [1.807, 2.05) is 0 Å². The van der Waals surface area contributed by atoms with Crippen molar-refractivity contribution in [2.75, 3.05) is 19.7 Å². The van der Waals surface area contributed by atoms with Crippen LogP contribution in [-0.4, -0.2) is 51.9 Å². The number of aryl methyl sites for hydroxylation is 1. The summed E-state index contributed by atoms with van der Waals surface area (Å²) in [6.45, 7) is 2.48. The zero-order valence-electron chi connectivity index (χ0n) is 9.83. The summed E-state index contributed by atoms with van der Waals surface area (Å²) in [4.78, 5) is 23.7. The summed E-state index contributed by atoms with van der Waals surface area (Å²) in [6, 6.07) is 0. The number of aromatic nitrogens is 2. The Balaban J connectivity index is 1.79. The number of aliphatic carboxylic acids is 1. The van der Waals surface area contributed by atoms with Crippen LogP contribution in [0.15, 0.2) is 4.63 Å². The number of nitrogens with zero attached hydrogens (tertiary/aromatic N) is 3. The van der Waals surface area contributed by atoms with E-state index in [2.05, 4.69) is 14.9 Å². The summed E-state index contributed by atoms with van der Waals surface area (Å²) in [7, 11) is 0. The molecule has 1 atom stereocenters. The van der Waals surface area contributed by atoms with Crippen molar-refractivity contribution < 1.29 is 24.1 Å². The summed E-state index contributed by atoms with van der Waals surface area (Å²) < 4.78 is 9.73. The Morgan fingerprint density at radius 1 is 1.61 bits per heavy atom. The zero-order valence-corrected chi connectivity index (χ0v) is 9.83. The minimum Gasteiger partial charge on any atom is -0.481 e. The molecule has 8 nitrogen and oxygen atoms in total. The van der Waals surface area contributed by atoms with Crippen LogP contribution in [0.5, 0.6) is 5.88 Å². The number of carbonyl (C=O) groups excluding carboxylic acids is 1. The molecule has 1 amide bonds. The van der Waals surface area contributed by atoms with Crippen LogP contribution >= 0.6 is 0 Å². The fourth-order valence-corrected chi connectivity index (χ4v) is 1.76. The number of amides is 1. The Morgan fingerprint density at radius 3 is 2.94 bits per heavy atom. The Morgan fingerprint density at radius 2 is 2.39 bits per heavy atom. The fourth-order valence-electron chi connectivity index (χ4n) is 1.76. The highest BCUT2D eigenvalue weighted by molar-refractivity contribution is 5.86. The van der Waals surface area contributed by atoms with Crippen molar-refractivity contribution in [2.45, 2.75) is 13.3 Å². The van der Waals surface area contributed by atoms with Gasteiger partial charge < -0.3 is 14.7 Å². The third-order valence-corrected chi connectivity index (χ3v) is 2.77. The second-order valence-corrected chi connectivity index (χ2v) is 4.08. The molecule has 1 unspecified atom stereocenters. The van der Waals surface area contributed by atoms with E-state index in [1.165, 1.54) is 4.90 Å². The predicted octanol–water partition coefficient (Wildman–Crippen LogP) is -0.310. The molecule has 1 aromatic heterocycles. The Bertz CT molecular complexity index is 458. The molecule has 0 saturated carbocycles. The Hall–Kier alpha value is -2.12. The maximum Gasteiger partial charge on any atom is 0.308 e. The highest BCUT2D eigenvalue weighted by Crippen LogP contribution is 2.17. The van der Waals surface area contributed by atoms with Crippen LogP contribution in [-0.2, 0) is 9.59 Å². The third kappa shape index (κ3) is 2.58. The second kappa shape index (κ2) is 5.03. The van der Waals surface area contributed by atoms with Gasteiger partial charge in [-0.2, -0.15) is 0 Å². The number of likely N-dealkylation sites (tertiary alicyclic amines) is 1. The molecule has 1 fully saturated rings. The normalized spacial score (nSPS) is 19.3. The quantitative estimate of drug-likeness (QED) is 0.769. The molecule has 1 saturated heterocycles. The first-order valence-corrected chi connectivity index (χ1v) is 5.50. The molecule has 0 spiro atoms. The minimum atomic E-state index is -0.941. The number of ether oxygens (including phenoxy) is 1. The average Bonchev–Trinajstić information content (AvgIpc) is 2.87. The molecular formula is C10H13N3O5. The van der Waals surface area contributed by atoms with Crippen molar-refractivity contribution in [3.8, 4) is 5.88 Å². The van der Waals surface area contributed by atoms with Crippen LogP contribution in [0.25, 0.3) is 0 Å². The van der Waals surface area contributed by atoms with Crippen molar-refractivity contribution in [3.05, 3.63) is 5.69 Å². The SMILES string of the molecule is Cc1nonc1OCCN1CC(C(=O)O)CC1=O. The maximum atomic E-state index is 11.5. The van der Waals surface area contributed by atoms with Crippen LogP contribution in [0.2, 0.25) is 0 Å². The van der Waals surface area contributed by atoms with Gasteiger partial charge in [-0.15, -0.1) is 0 Å². The number of rotatable bonds is 5. The van der Waals surface area contributed by atoms with E-state index < -0.39 is 11.9 Å². The van der Waals surface area contributed by atoms with Crippen LogP contribution < -0.4 is 4.74 Å². The van der Waals surface area contributed by atoms with E-state index in [0.29, 0.717) is 12.2 Å². The monoisotopic (exact) mass is 255 g/mol. The zero-order chi connectivity index (χ0) is 13.1. The summed E-state index contributed by atoms with van der Waals surface area (Å²) in [6.07, 6.45) is 0.0554. The lowest BCUT2D eigenvalue weighted by Crippen LogP contribution is -2.30. The summed E-state index contributed by atoms with van der Waals surface area (Å²) in [5.41, 5.74) is 0.533. The molecule has 1 N–H and O–H groups in total. The summed E-state index contributed by atoms with van der Waals surface area (Å²) >= 11 is 0. The van der Waals surface area contributed by atoms with Gasteiger partial charge in [0.25, 0.3) is 5.88 Å². The Labute approximate surface area is 102 Å². The van der Waals surface area contributed by atoms with Gasteiger partial charge in [0.1, 0.15) is 12.3 Å². The molecule has 1 aliphatic rings. The van der Waals surface area contributed by atoms with Crippen LogP contribution in [0.1, 0.15) is 12.1 Å². The highest BCUT2D eigenvalue weighted by Gasteiger charge is 2.33. The van der Waals surface area contributed by atoms with Gasteiger partial charge in [0, 0.05) is 13.0 Å². The lowest BCUT2D eigenvalue weighted by molar-refractivity contribution is -0.141. The van der Waals surface area contributed by atoms with Crippen LogP contribution in [0.4, 0.5) is 0 Å². The van der Waals surface area contributed by atoms with Crippen LogP contribution in [0, 0.1) is 12.8 Å². The van der Waals surface area contributed by atoms with Crippen molar-refractivity contribution >= 4 is 11.9 Å². The van der Waals surface area contributed by atoms with E-state index in [1.54, 1.807) is 6.92 Å². The third-order valence-electron chi connectivity index (χ3n) is 2.77. The van der Waals surface area contributed by atoms with Crippen molar-refractivity contribution in [1.29, 1.82) is 0 Å². The van der Waals surface area contributed by atoms with E-state index in [-0.39, 0.29) is 31.4 Å². The molecule has 0 bridgehead atoms. The number of carbonyl (C=O) groups is 2. The van der Waals surface area contributed by atoms with Gasteiger partial charge in [-0.1, -0.05) is 5.16 Å². The van der Waals surface area contributed by atoms with Gasteiger partial charge in [0.2, 0.25) is 5.91 Å². The largest absolute Gasteiger partial charge is 0.481 e. The first-order chi connectivity index (χ1) is 8.58. The van der Waals surface area contributed by atoms with Gasteiger partial charge in [-0.05, 0) is 12.1 Å². The lowest BCUT2D eigenvalue weighted by Gasteiger charge is -2.15. The number of hydrogen-bond acceptors (Lipinski definition) is 6. The van der Waals surface area contributed by atoms with Crippen molar-refractivity contribution in [1.82, 2.24) is 15.2 Å². The summed E-state index contributed by atoms with van der Waals surface area (Å²) in [5.74, 6) is -1.44. The van der Waals surface area contributed by atoms with E-state index in [9.17, 15) is 9.59 Å². The van der Waals surface area contributed by atoms with Gasteiger partial charge in [0.15, 0.2) is 0 Å². The van der Waals surface area contributed by atoms with Crippen LogP contribution in [0.3, 0.4) is 0 Å². The van der Waals surface area contributed by atoms with E-state index >= 15 is 0 Å². The molecule has 0 radical (unpaired) electrons. The minimum absolute atomic E-state index is 0.0554. The molecule has 0 aliphatic carbocycles. The predicted molar refractivity (Wildman–Crippen MR) is 56.9 cm³/mol. The molecule has 1 aliphatic heterocycles. The van der Waals surface area contributed by atoms with Crippen molar-refractivity contribution in [2.24, 2.45) is 5.92 Å². The number of carboxylic acids is 1. The topological polar surface area (TPSA) is 106 Å².